The molecule has 1 saturated heterocycles. The monoisotopic (exact) mass is 548 g/mol. The summed E-state index contributed by atoms with van der Waals surface area (Å²) in [5.74, 6) is -0.997. The molecule has 0 aliphatic carbocycles. The van der Waals surface area contributed by atoms with Crippen LogP contribution in [-0.2, 0) is 35.0 Å². The van der Waals surface area contributed by atoms with Crippen molar-refractivity contribution >= 4 is 23.5 Å². The second kappa shape index (κ2) is 15.0. The predicted octanol–water partition coefficient (Wildman–Crippen LogP) is 0.201. The fraction of sp³-hybridized carbons (Fsp3) is 0.500. The predicted molar refractivity (Wildman–Crippen MR) is 138 cm³/mol. The summed E-state index contributed by atoms with van der Waals surface area (Å²) in [6.07, 6.45) is 0.237. The van der Waals surface area contributed by atoms with Crippen molar-refractivity contribution in [3.8, 4) is 5.75 Å². The molecule has 3 N–H and O–H groups in total. The maximum absolute atomic E-state index is 13.0. The highest BCUT2D eigenvalue weighted by molar-refractivity contribution is 5.98. The van der Waals surface area contributed by atoms with Gasteiger partial charge in [-0.2, -0.15) is 0 Å². The molecule has 214 valence electrons. The summed E-state index contributed by atoms with van der Waals surface area (Å²) in [4.78, 5) is 50.5. The van der Waals surface area contributed by atoms with E-state index < -0.39 is 42.0 Å². The van der Waals surface area contributed by atoms with Gasteiger partial charge in [-0.25, -0.2) is 0 Å². The van der Waals surface area contributed by atoms with Gasteiger partial charge in [-0.05, 0) is 38.0 Å². The summed E-state index contributed by atoms with van der Waals surface area (Å²) in [6, 6.07) is 6.62. The van der Waals surface area contributed by atoms with Crippen molar-refractivity contribution < 1.29 is 42.6 Å². The van der Waals surface area contributed by atoms with E-state index in [9.17, 15) is 19.2 Å². The van der Waals surface area contributed by atoms with Gasteiger partial charge >= 0.3 is 0 Å². The maximum Gasteiger partial charge on any atom is 0.274 e. The fourth-order valence-corrected chi connectivity index (χ4v) is 3.42. The van der Waals surface area contributed by atoms with Crippen molar-refractivity contribution in [3.05, 3.63) is 47.3 Å². The largest absolute Gasteiger partial charge is 0.497 e. The average molecular weight is 549 g/mol. The Morgan fingerprint density at radius 1 is 1.05 bits per heavy atom. The van der Waals surface area contributed by atoms with Crippen LogP contribution in [0.15, 0.2) is 34.9 Å². The van der Waals surface area contributed by atoms with Crippen molar-refractivity contribution in [3.63, 3.8) is 0 Å². The van der Waals surface area contributed by atoms with Gasteiger partial charge in [0.15, 0.2) is 11.5 Å². The highest BCUT2D eigenvalue weighted by Gasteiger charge is 2.50. The molecule has 3 amide bonds. The Kier molecular flexibility index (Phi) is 12.0. The third-order valence-electron chi connectivity index (χ3n) is 5.59. The van der Waals surface area contributed by atoms with Gasteiger partial charge in [0.2, 0.25) is 11.8 Å². The van der Waals surface area contributed by atoms with Gasteiger partial charge in [0.05, 0.1) is 32.9 Å². The lowest BCUT2D eigenvalue weighted by atomic mass is 9.95. The van der Waals surface area contributed by atoms with E-state index in [4.69, 9.17) is 18.7 Å². The summed E-state index contributed by atoms with van der Waals surface area (Å²) >= 11 is 0. The molecule has 13 heteroatoms. The summed E-state index contributed by atoms with van der Waals surface area (Å²) in [5.41, 5.74) is -0.121. The first kappa shape index (κ1) is 31.4. The molecular formula is C26H36N4O9. The number of Topliss-reactive ketones (excluding diaryl/α,β-unsaturated/α-hetero) is 1. The van der Waals surface area contributed by atoms with Crippen molar-refractivity contribution in [2.75, 3.05) is 48.2 Å². The molecule has 2 heterocycles. The molecule has 1 fully saturated rings. The molecule has 0 bridgehead atoms. The van der Waals surface area contributed by atoms with Crippen LogP contribution < -0.4 is 20.7 Å². The number of epoxide rings is 1. The van der Waals surface area contributed by atoms with Gasteiger partial charge in [-0.1, -0.05) is 17.3 Å². The first-order valence-corrected chi connectivity index (χ1v) is 12.1. The van der Waals surface area contributed by atoms with E-state index in [0.29, 0.717) is 11.5 Å². The van der Waals surface area contributed by atoms with Crippen molar-refractivity contribution in [2.45, 2.75) is 38.0 Å². The Morgan fingerprint density at radius 2 is 1.69 bits per heavy atom. The number of aryl methyl sites for hydroxylation is 1. The Balaban J connectivity index is 0.00000170. The third-order valence-corrected chi connectivity index (χ3v) is 5.59. The number of aromatic nitrogens is 1. The summed E-state index contributed by atoms with van der Waals surface area (Å²) < 4.78 is 24.5. The number of benzene rings is 1. The number of ether oxygens (including phenoxy) is 4. The molecule has 1 aromatic heterocycles. The number of carbonyl (C=O) groups excluding carboxylic acids is 4. The molecule has 0 saturated carbocycles. The fourth-order valence-electron chi connectivity index (χ4n) is 3.42. The molecule has 3 atom stereocenters. The van der Waals surface area contributed by atoms with Crippen molar-refractivity contribution in [1.29, 1.82) is 0 Å². The van der Waals surface area contributed by atoms with Gasteiger partial charge in [-0.3, -0.25) is 19.2 Å². The van der Waals surface area contributed by atoms with Crippen molar-refractivity contribution in [2.24, 2.45) is 0 Å². The highest BCUT2D eigenvalue weighted by atomic mass is 16.6. The minimum absolute atomic E-state index is 0.00909. The van der Waals surface area contributed by atoms with Crippen LogP contribution in [0.5, 0.6) is 5.75 Å². The van der Waals surface area contributed by atoms with Crippen molar-refractivity contribution in [1.82, 2.24) is 21.1 Å². The molecule has 13 nitrogen and oxygen atoms in total. The first-order valence-electron chi connectivity index (χ1n) is 12.1. The van der Waals surface area contributed by atoms with E-state index >= 15 is 0 Å². The minimum Gasteiger partial charge on any atom is -0.497 e. The van der Waals surface area contributed by atoms with Gasteiger partial charge < -0.3 is 39.4 Å². The molecule has 39 heavy (non-hydrogen) atoms. The van der Waals surface area contributed by atoms with Crippen LogP contribution in [0.2, 0.25) is 0 Å². The number of hydrogen-bond donors (Lipinski definition) is 3. The molecular weight excluding hydrogens is 512 g/mol. The maximum atomic E-state index is 13.0. The Morgan fingerprint density at radius 3 is 2.21 bits per heavy atom. The third kappa shape index (κ3) is 9.78. The molecule has 1 aromatic carbocycles. The summed E-state index contributed by atoms with van der Waals surface area (Å²) in [6.45, 7) is 3.02. The van der Waals surface area contributed by atoms with E-state index in [1.165, 1.54) is 13.2 Å². The lowest BCUT2D eigenvalue weighted by molar-refractivity contribution is -0.131. The van der Waals surface area contributed by atoms with E-state index in [0.717, 1.165) is 5.56 Å². The van der Waals surface area contributed by atoms with Gasteiger partial charge in [0.25, 0.3) is 5.91 Å². The Bertz CT molecular complexity index is 1110. The average Bonchev–Trinajstić information content (AvgIpc) is 3.52. The normalized spacial score (nSPS) is 17.1. The quantitative estimate of drug-likeness (QED) is 0.294. The van der Waals surface area contributed by atoms with E-state index in [2.05, 4.69) is 25.8 Å². The van der Waals surface area contributed by atoms with Crippen LogP contribution >= 0.6 is 0 Å². The zero-order valence-electron chi connectivity index (χ0n) is 23.0. The molecule has 0 radical (unpaired) electrons. The molecule has 0 unspecified atom stereocenters. The smallest absolute Gasteiger partial charge is 0.274 e. The number of hydrogen-bond acceptors (Lipinski definition) is 10. The Hall–Kier alpha value is -3.81. The van der Waals surface area contributed by atoms with Gasteiger partial charge in [0.1, 0.15) is 23.2 Å². The molecule has 1 aliphatic heterocycles. The van der Waals surface area contributed by atoms with Gasteiger partial charge in [-0.15, -0.1) is 0 Å². The standard InChI is InChI=1S/C24H30N4O8.C2H6O/c1-14-9-18(28-36-14)23(32)27-19(12-33-3)22(31)25-11-20(29)26-17(21(30)24(2)13-35-24)10-15-5-7-16(34-4)8-6-15;1-3-2/h5-9,17,19H,10-13H2,1-4H3,(H,25,31)(H,26,29)(H,27,32);1-2H3/t17-,19-,24+;/m0./s1. The zero-order valence-corrected chi connectivity index (χ0v) is 23.0. The molecule has 1 aliphatic rings. The Labute approximate surface area is 226 Å². The minimum atomic E-state index is -1.08. The van der Waals surface area contributed by atoms with Crippen LogP contribution in [0.25, 0.3) is 0 Å². The van der Waals surface area contributed by atoms with E-state index in [1.807, 2.05) is 0 Å². The van der Waals surface area contributed by atoms with Crippen LogP contribution in [0.1, 0.15) is 28.7 Å². The first-order chi connectivity index (χ1) is 18.6. The second-order valence-electron chi connectivity index (χ2n) is 8.99. The number of ketones is 1. The number of methoxy groups -OCH3 is 3. The zero-order chi connectivity index (χ0) is 29.0. The van der Waals surface area contributed by atoms with E-state index in [1.54, 1.807) is 59.4 Å². The highest BCUT2D eigenvalue weighted by Crippen LogP contribution is 2.29. The second-order valence-corrected chi connectivity index (χ2v) is 8.99. The number of nitrogens with one attached hydrogen (secondary N) is 3. The van der Waals surface area contributed by atoms with Crippen LogP contribution in [0.3, 0.4) is 0 Å². The lowest BCUT2D eigenvalue weighted by Crippen LogP contribution is -2.53. The van der Waals surface area contributed by atoms with Gasteiger partial charge in [0, 0.05) is 27.4 Å². The molecule has 3 rings (SSSR count). The number of rotatable bonds is 13. The van der Waals surface area contributed by atoms with Crippen LogP contribution in [-0.4, -0.2) is 94.5 Å². The van der Waals surface area contributed by atoms with Crippen LogP contribution in [0, 0.1) is 6.92 Å². The molecule has 0 spiro atoms. The number of nitrogens with zero attached hydrogens (tertiary/aromatic N) is 1. The topological polar surface area (TPSA) is 171 Å². The van der Waals surface area contributed by atoms with Crippen LogP contribution in [0.4, 0.5) is 0 Å². The van der Waals surface area contributed by atoms with E-state index in [-0.39, 0.29) is 31.1 Å². The molecule has 2 aromatic rings. The summed E-state index contributed by atoms with van der Waals surface area (Å²) in [7, 11) is 6.17. The summed E-state index contributed by atoms with van der Waals surface area (Å²) in [5, 5.41) is 11.2. The lowest BCUT2D eigenvalue weighted by Gasteiger charge is -2.21. The SMILES string of the molecule is COC.COC[C@H](NC(=O)c1cc(C)on1)C(=O)NCC(=O)N[C@@H](Cc1ccc(OC)cc1)C(=O)[C@@]1(C)CO1. The number of carbonyl (C=O) groups is 4. The number of amides is 3.